The second-order valence-electron chi connectivity index (χ2n) is 5.46. The van der Waals surface area contributed by atoms with Gasteiger partial charge in [-0.05, 0) is 25.0 Å². The molecule has 1 heterocycles. The summed E-state index contributed by atoms with van der Waals surface area (Å²) in [6, 6.07) is 4.16. The molecule has 0 saturated heterocycles. The van der Waals surface area contributed by atoms with Crippen LogP contribution in [0.15, 0.2) is 12.1 Å². The summed E-state index contributed by atoms with van der Waals surface area (Å²) in [5.74, 6) is 1.84. The maximum Gasteiger partial charge on any atom is 0.189 e. The maximum atomic E-state index is 6.08. The predicted molar refractivity (Wildman–Crippen MR) is 72.5 cm³/mol. The van der Waals surface area contributed by atoms with Crippen molar-refractivity contribution in [2.24, 2.45) is 5.73 Å². The fourth-order valence-electron chi connectivity index (χ4n) is 3.32. The molecule has 0 aromatic heterocycles. The second kappa shape index (κ2) is 5.02. The standard InChI is InChI=1S/C15H21NO3/c1-17-14-6-11-8-18-10-19-13(11)7-12(14)15(9-16)4-2-3-5-15/h6-7H,2-5,8-10,16H2,1H3. The highest BCUT2D eigenvalue weighted by molar-refractivity contribution is 5.50. The van der Waals surface area contributed by atoms with Crippen molar-refractivity contribution in [1.82, 2.24) is 0 Å². The molecule has 19 heavy (non-hydrogen) atoms. The molecule has 4 heteroatoms. The largest absolute Gasteiger partial charge is 0.496 e. The van der Waals surface area contributed by atoms with E-state index in [4.69, 9.17) is 19.9 Å². The number of benzene rings is 1. The van der Waals surface area contributed by atoms with E-state index in [1.54, 1.807) is 7.11 Å². The summed E-state index contributed by atoms with van der Waals surface area (Å²) in [6.07, 6.45) is 4.74. The van der Waals surface area contributed by atoms with Crippen LogP contribution in [0, 0.1) is 0 Å². The van der Waals surface area contributed by atoms with Gasteiger partial charge in [-0.25, -0.2) is 0 Å². The van der Waals surface area contributed by atoms with E-state index in [0.29, 0.717) is 19.9 Å². The summed E-state index contributed by atoms with van der Waals surface area (Å²) < 4.78 is 16.5. The van der Waals surface area contributed by atoms with Crippen molar-refractivity contribution in [1.29, 1.82) is 0 Å². The van der Waals surface area contributed by atoms with Crippen molar-refractivity contribution >= 4 is 0 Å². The van der Waals surface area contributed by atoms with Crippen molar-refractivity contribution in [3.63, 3.8) is 0 Å². The highest BCUT2D eigenvalue weighted by Crippen LogP contribution is 2.46. The van der Waals surface area contributed by atoms with E-state index in [2.05, 4.69) is 6.07 Å². The minimum Gasteiger partial charge on any atom is -0.496 e. The Balaban J connectivity index is 2.08. The Morgan fingerprint density at radius 1 is 1.32 bits per heavy atom. The lowest BCUT2D eigenvalue weighted by Crippen LogP contribution is -2.32. The van der Waals surface area contributed by atoms with Crippen LogP contribution < -0.4 is 15.2 Å². The molecule has 0 amide bonds. The molecular formula is C15H21NO3. The molecule has 3 rings (SSSR count). The Morgan fingerprint density at radius 2 is 2.11 bits per heavy atom. The van der Waals surface area contributed by atoms with E-state index in [1.807, 2.05) is 6.07 Å². The van der Waals surface area contributed by atoms with E-state index in [-0.39, 0.29) is 5.41 Å². The first-order valence-electron chi connectivity index (χ1n) is 6.91. The SMILES string of the molecule is COc1cc2c(cc1C1(CN)CCCC1)OCOC2. The number of hydrogen-bond donors (Lipinski definition) is 1. The van der Waals surface area contributed by atoms with Gasteiger partial charge in [0.1, 0.15) is 11.5 Å². The van der Waals surface area contributed by atoms with Crippen LogP contribution in [0.5, 0.6) is 11.5 Å². The number of rotatable bonds is 3. The van der Waals surface area contributed by atoms with Gasteiger partial charge >= 0.3 is 0 Å². The zero-order chi connectivity index (χ0) is 13.3. The van der Waals surface area contributed by atoms with Crippen LogP contribution in [-0.2, 0) is 16.8 Å². The van der Waals surface area contributed by atoms with Crippen molar-refractivity contribution < 1.29 is 14.2 Å². The number of hydrogen-bond acceptors (Lipinski definition) is 4. The molecule has 0 bridgehead atoms. The topological polar surface area (TPSA) is 53.7 Å². The molecule has 2 aliphatic rings. The fraction of sp³-hybridized carbons (Fsp3) is 0.600. The van der Waals surface area contributed by atoms with E-state index < -0.39 is 0 Å². The number of methoxy groups -OCH3 is 1. The summed E-state index contributed by atoms with van der Waals surface area (Å²) in [6.45, 7) is 1.58. The van der Waals surface area contributed by atoms with Gasteiger partial charge in [0.05, 0.1) is 13.7 Å². The summed E-state index contributed by atoms with van der Waals surface area (Å²) >= 11 is 0. The molecule has 1 aliphatic carbocycles. The van der Waals surface area contributed by atoms with Crippen LogP contribution in [-0.4, -0.2) is 20.4 Å². The lowest BCUT2D eigenvalue weighted by molar-refractivity contribution is -0.0166. The van der Waals surface area contributed by atoms with E-state index in [1.165, 1.54) is 18.4 Å². The number of fused-ring (bicyclic) bond motifs is 1. The van der Waals surface area contributed by atoms with Crippen molar-refractivity contribution in [3.8, 4) is 11.5 Å². The van der Waals surface area contributed by atoms with E-state index in [9.17, 15) is 0 Å². The van der Waals surface area contributed by atoms with Gasteiger partial charge in [-0.1, -0.05) is 12.8 Å². The highest BCUT2D eigenvalue weighted by atomic mass is 16.7. The van der Waals surface area contributed by atoms with Crippen LogP contribution in [0.25, 0.3) is 0 Å². The molecule has 1 saturated carbocycles. The Hall–Kier alpha value is -1.26. The normalized spacial score (nSPS) is 20.7. The molecule has 0 atom stereocenters. The minimum absolute atomic E-state index is 0.0576. The lowest BCUT2D eigenvalue weighted by atomic mass is 9.78. The first-order valence-corrected chi connectivity index (χ1v) is 6.91. The monoisotopic (exact) mass is 263 g/mol. The van der Waals surface area contributed by atoms with Crippen LogP contribution in [0.3, 0.4) is 0 Å². The maximum absolute atomic E-state index is 6.08. The number of ether oxygens (including phenoxy) is 3. The highest BCUT2D eigenvalue weighted by Gasteiger charge is 2.37. The van der Waals surface area contributed by atoms with Crippen LogP contribution >= 0.6 is 0 Å². The molecule has 2 N–H and O–H groups in total. The van der Waals surface area contributed by atoms with Gasteiger partial charge in [-0.15, -0.1) is 0 Å². The van der Waals surface area contributed by atoms with Gasteiger partial charge in [0.25, 0.3) is 0 Å². The smallest absolute Gasteiger partial charge is 0.189 e. The molecule has 104 valence electrons. The fourth-order valence-corrected chi connectivity index (χ4v) is 3.32. The molecule has 1 aromatic carbocycles. The van der Waals surface area contributed by atoms with Gasteiger partial charge in [0.15, 0.2) is 6.79 Å². The molecule has 0 spiro atoms. The van der Waals surface area contributed by atoms with Gasteiger partial charge in [-0.2, -0.15) is 0 Å². The average Bonchev–Trinajstić information content (AvgIpc) is 2.96. The van der Waals surface area contributed by atoms with Crippen LogP contribution in [0.2, 0.25) is 0 Å². The molecule has 1 aromatic rings. The van der Waals surface area contributed by atoms with Crippen LogP contribution in [0.1, 0.15) is 36.8 Å². The van der Waals surface area contributed by atoms with Gasteiger partial charge in [0, 0.05) is 23.1 Å². The first-order chi connectivity index (χ1) is 9.29. The average molecular weight is 263 g/mol. The third-order valence-electron chi connectivity index (χ3n) is 4.46. The number of nitrogens with two attached hydrogens (primary N) is 1. The zero-order valence-corrected chi connectivity index (χ0v) is 11.4. The third kappa shape index (κ3) is 2.09. The molecular weight excluding hydrogens is 242 g/mol. The predicted octanol–water partition coefficient (Wildman–Crippen LogP) is 2.33. The van der Waals surface area contributed by atoms with Crippen molar-refractivity contribution in [2.45, 2.75) is 37.7 Å². The third-order valence-corrected chi connectivity index (χ3v) is 4.46. The quantitative estimate of drug-likeness (QED) is 0.909. The molecule has 4 nitrogen and oxygen atoms in total. The Kier molecular flexibility index (Phi) is 3.37. The molecule has 1 aliphatic heterocycles. The minimum atomic E-state index is 0.0576. The molecule has 1 fully saturated rings. The van der Waals surface area contributed by atoms with Crippen molar-refractivity contribution in [2.75, 3.05) is 20.4 Å². The van der Waals surface area contributed by atoms with Gasteiger partial charge in [-0.3, -0.25) is 0 Å². The van der Waals surface area contributed by atoms with Crippen LogP contribution in [0.4, 0.5) is 0 Å². The summed E-state index contributed by atoms with van der Waals surface area (Å²) in [5, 5.41) is 0. The molecule has 0 radical (unpaired) electrons. The Morgan fingerprint density at radius 3 is 2.79 bits per heavy atom. The Bertz CT molecular complexity index is 467. The second-order valence-corrected chi connectivity index (χ2v) is 5.46. The summed E-state index contributed by atoms with van der Waals surface area (Å²) in [4.78, 5) is 0. The first kappa shape index (κ1) is 12.8. The van der Waals surface area contributed by atoms with E-state index >= 15 is 0 Å². The van der Waals surface area contributed by atoms with E-state index in [0.717, 1.165) is 29.9 Å². The van der Waals surface area contributed by atoms with Gasteiger partial charge < -0.3 is 19.9 Å². The van der Waals surface area contributed by atoms with Crippen molar-refractivity contribution in [3.05, 3.63) is 23.3 Å². The Labute approximate surface area is 113 Å². The zero-order valence-electron chi connectivity index (χ0n) is 11.4. The lowest BCUT2D eigenvalue weighted by Gasteiger charge is -2.31. The molecule has 0 unspecified atom stereocenters. The van der Waals surface area contributed by atoms with Gasteiger partial charge in [0.2, 0.25) is 0 Å². The summed E-state index contributed by atoms with van der Waals surface area (Å²) in [5.41, 5.74) is 8.39. The summed E-state index contributed by atoms with van der Waals surface area (Å²) in [7, 11) is 1.72.